The minimum absolute atomic E-state index is 0.114. The molecule has 1 aliphatic carbocycles. The Bertz CT molecular complexity index is 971. The van der Waals surface area contributed by atoms with Crippen molar-refractivity contribution >= 4 is 10.9 Å². The Kier molecular flexibility index (Phi) is 2.55. The van der Waals surface area contributed by atoms with Gasteiger partial charge in [0.15, 0.2) is 0 Å². The predicted octanol–water partition coefficient (Wildman–Crippen LogP) is 3.18. The highest BCUT2D eigenvalue weighted by Gasteiger charge is 2.45. The maximum atomic E-state index is 12.8. The van der Waals surface area contributed by atoms with Gasteiger partial charge in [0, 0.05) is 24.7 Å². The van der Waals surface area contributed by atoms with Crippen molar-refractivity contribution in [2.75, 3.05) is 0 Å². The van der Waals surface area contributed by atoms with E-state index >= 15 is 0 Å². The van der Waals surface area contributed by atoms with E-state index in [1.54, 1.807) is 6.20 Å². The molecule has 3 aromatic rings. The Morgan fingerprint density at radius 2 is 2.00 bits per heavy atom. The highest BCUT2D eigenvalue weighted by molar-refractivity contribution is 5.83. The molecule has 2 aliphatic rings. The lowest BCUT2D eigenvalue weighted by Crippen LogP contribution is -2.33. The van der Waals surface area contributed by atoms with Crippen molar-refractivity contribution in [3.05, 3.63) is 58.8 Å². The summed E-state index contributed by atoms with van der Waals surface area (Å²) in [6.45, 7) is 0.853. The molecule has 0 amide bonds. The second-order valence-corrected chi connectivity index (χ2v) is 6.87. The zero-order valence-corrected chi connectivity index (χ0v) is 12.8. The van der Waals surface area contributed by atoms with Gasteiger partial charge in [0.2, 0.25) is 0 Å². The van der Waals surface area contributed by atoms with Gasteiger partial charge < -0.3 is 0 Å². The Morgan fingerprint density at radius 1 is 1.09 bits per heavy atom. The highest BCUT2D eigenvalue weighted by atomic mass is 16.1. The fourth-order valence-corrected chi connectivity index (χ4v) is 3.69. The van der Waals surface area contributed by atoms with Crippen LogP contribution in [-0.4, -0.2) is 14.5 Å². The molecule has 0 saturated heterocycles. The lowest BCUT2D eigenvalue weighted by molar-refractivity contribution is 0.333. The third kappa shape index (κ3) is 2.01. The van der Waals surface area contributed by atoms with Crippen molar-refractivity contribution < 1.29 is 0 Å². The van der Waals surface area contributed by atoms with E-state index in [0.717, 1.165) is 35.6 Å². The van der Waals surface area contributed by atoms with Gasteiger partial charge in [-0.05, 0) is 48.9 Å². The van der Waals surface area contributed by atoms with E-state index in [1.165, 1.54) is 19.3 Å². The molecule has 1 aliphatic heterocycles. The van der Waals surface area contributed by atoms with Crippen LogP contribution in [0.1, 0.15) is 25.1 Å². The van der Waals surface area contributed by atoms with E-state index in [0.29, 0.717) is 10.8 Å². The first-order valence-corrected chi connectivity index (χ1v) is 8.19. The second kappa shape index (κ2) is 4.51. The standard InChI is InChI=1S/C19H17N3O/c23-18-14-5-4-13(15-3-1-2-10-20-15)11-16(14)21-17-6-7-19(8-9-19)12-22(17)18/h1-5,10-11H,6-9,12H2. The molecular formula is C19H17N3O. The number of nitrogens with zero attached hydrogens (tertiary/aromatic N) is 3. The van der Waals surface area contributed by atoms with Gasteiger partial charge in [0.25, 0.3) is 5.56 Å². The van der Waals surface area contributed by atoms with Crippen molar-refractivity contribution in [1.82, 2.24) is 14.5 Å². The summed E-state index contributed by atoms with van der Waals surface area (Å²) in [5.74, 6) is 0.943. The van der Waals surface area contributed by atoms with Gasteiger partial charge in [-0.2, -0.15) is 0 Å². The van der Waals surface area contributed by atoms with Gasteiger partial charge >= 0.3 is 0 Å². The molecule has 4 heteroatoms. The highest BCUT2D eigenvalue weighted by Crippen LogP contribution is 2.52. The van der Waals surface area contributed by atoms with E-state index < -0.39 is 0 Å². The molecule has 0 bridgehead atoms. The lowest BCUT2D eigenvalue weighted by Gasteiger charge is -2.25. The molecule has 0 radical (unpaired) electrons. The van der Waals surface area contributed by atoms with Crippen LogP contribution in [0.5, 0.6) is 0 Å². The number of rotatable bonds is 1. The molecule has 0 N–H and O–H groups in total. The largest absolute Gasteiger partial charge is 0.296 e. The predicted molar refractivity (Wildman–Crippen MR) is 89.2 cm³/mol. The van der Waals surface area contributed by atoms with E-state index in [9.17, 15) is 4.79 Å². The maximum Gasteiger partial charge on any atom is 0.261 e. The first kappa shape index (κ1) is 13.0. The van der Waals surface area contributed by atoms with Crippen molar-refractivity contribution in [3.63, 3.8) is 0 Å². The summed E-state index contributed by atoms with van der Waals surface area (Å²) < 4.78 is 1.92. The number of aryl methyl sites for hydroxylation is 1. The zero-order valence-electron chi connectivity index (χ0n) is 12.8. The Hall–Kier alpha value is -2.49. The van der Waals surface area contributed by atoms with Gasteiger partial charge in [-0.15, -0.1) is 0 Å². The molecule has 114 valence electrons. The smallest absolute Gasteiger partial charge is 0.261 e. The Morgan fingerprint density at radius 3 is 2.78 bits per heavy atom. The maximum absolute atomic E-state index is 12.8. The van der Waals surface area contributed by atoms with Crippen LogP contribution in [-0.2, 0) is 13.0 Å². The number of aromatic nitrogens is 3. The van der Waals surface area contributed by atoms with E-state index in [1.807, 2.05) is 41.0 Å². The van der Waals surface area contributed by atoms with Gasteiger partial charge in [-0.3, -0.25) is 14.3 Å². The normalized spacial score (nSPS) is 18.1. The fourth-order valence-electron chi connectivity index (χ4n) is 3.69. The Labute approximate surface area is 133 Å². The first-order chi connectivity index (χ1) is 11.2. The number of hydrogen-bond acceptors (Lipinski definition) is 3. The molecule has 2 aromatic heterocycles. The van der Waals surface area contributed by atoms with Crippen LogP contribution in [0.2, 0.25) is 0 Å². The zero-order chi connectivity index (χ0) is 15.4. The molecule has 1 aromatic carbocycles. The molecule has 1 fully saturated rings. The summed E-state index contributed by atoms with van der Waals surface area (Å²) in [5, 5.41) is 0.714. The lowest BCUT2D eigenvalue weighted by atomic mass is 9.96. The summed E-state index contributed by atoms with van der Waals surface area (Å²) in [4.78, 5) is 22.0. The van der Waals surface area contributed by atoms with Crippen LogP contribution in [0.25, 0.3) is 22.2 Å². The molecule has 1 saturated carbocycles. The first-order valence-electron chi connectivity index (χ1n) is 8.19. The molecule has 4 nitrogen and oxygen atoms in total. The molecule has 5 rings (SSSR count). The summed E-state index contributed by atoms with van der Waals surface area (Å²) in [7, 11) is 0. The summed E-state index contributed by atoms with van der Waals surface area (Å²) >= 11 is 0. The number of benzene rings is 1. The summed E-state index contributed by atoms with van der Waals surface area (Å²) in [6.07, 6.45) is 6.39. The van der Waals surface area contributed by atoms with Crippen LogP contribution in [0.15, 0.2) is 47.4 Å². The fraction of sp³-hybridized carbons (Fsp3) is 0.316. The number of pyridine rings is 1. The monoisotopic (exact) mass is 303 g/mol. The molecule has 1 spiro atoms. The van der Waals surface area contributed by atoms with Gasteiger partial charge in [-0.25, -0.2) is 4.98 Å². The summed E-state index contributed by atoms with van der Waals surface area (Å²) in [5.41, 5.74) is 3.22. The third-order valence-electron chi connectivity index (χ3n) is 5.32. The van der Waals surface area contributed by atoms with E-state index in [4.69, 9.17) is 4.98 Å². The average molecular weight is 303 g/mol. The van der Waals surface area contributed by atoms with Crippen molar-refractivity contribution in [1.29, 1.82) is 0 Å². The molecule has 3 heterocycles. The van der Waals surface area contributed by atoms with E-state index in [-0.39, 0.29) is 5.56 Å². The third-order valence-corrected chi connectivity index (χ3v) is 5.32. The quantitative estimate of drug-likeness (QED) is 0.693. The van der Waals surface area contributed by atoms with Gasteiger partial charge in [-0.1, -0.05) is 12.1 Å². The average Bonchev–Trinajstić information content (AvgIpc) is 3.35. The van der Waals surface area contributed by atoms with Crippen LogP contribution < -0.4 is 5.56 Å². The minimum Gasteiger partial charge on any atom is -0.296 e. The minimum atomic E-state index is 0.114. The van der Waals surface area contributed by atoms with Crippen molar-refractivity contribution in [2.24, 2.45) is 5.41 Å². The van der Waals surface area contributed by atoms with Crippen LogP contribution in [0.4, 0.5) is 0 Å². The van der Waals surface area contributed by atoms with Gasteiger partial charge in [0.05, 0.1) is 16.6 Å². The van der Waals surface area contributed by atoms with Gasteiger partial charge in [0.1, 0.15) is 5.82 Å². The van der Waals surface area contributed by atoms with Crippen LogP contribution in [0, 0.1) is 5.41 Å². The SMILES string of the molecule is O=c1c2ccc(-c3ccccn3)cc2nc2n1CC1(CC2)CC1. The van der Waals surface area contributed by atoms with Crippen molar-refractivity contribution in [2.45, 2.75) is 32.2 Å². The molecule has 0 atom stereocenters. The van der Waals surface area contributed by atoms with Crippen molar-refractivity contribution in [3.8, 4) is 11.3 Å². The summed E-state index contributed by atoms with van der Waals surface area (Å²) in [6, 6.07) is 11.7. The number of hydrogen-bond donors (Lipinski definition) is 0. The van der Waals surface area contributed by atoms with Crippen LogP contribution >= 0.6 is 0 Å². The topological polar surface area (TPSA) is 47.8 Å². The molecule has 23 heavy (non-hydrogen) atoms. The number of fused-ring (bicyclic) bond motifs is 2. The molecule has 0 unspecified atom stereocenters. The Balaban J connectivity index is 1.69. The second-order valence-electron chi connectivity index (χ2n) is 6.87. The molecular weight excluding hydrogens is 286 g/mol. The van der Waals surface area contributed by atoms with E-state index in [2.05, 4.69) is 4.98 Å². The van der Waals surface area contributed by atoms with Crippen LogP contribution in [0.3, 0.4) is 0 Å².